The Morgan fingerprint density at radius 3 is 2.52 bits per heavy atom. The number of carbonyl (C=O) groups excluding carboxylic acids is 1. The van der Waals surface area contributed by atoms with Crippen molar-refractivity contribution in [3.05, 3.63) is 29.8 Å². The molecule has 1 aromatic carbocycles. The van der Waals surface area contributed by atoms with Gasteiger partial charge in [-0.15, -0.1) is 0 Å². The zero-order chi connectivity index (χ0) is 17.0. The van der Waals surface area contributed by atoms with Crippen LogP contribution in [0.2, 0.25) is 0 Å². The molecule has 0 spiro atoms. The van der Waals surface area contributed by atoms with Crippen molar-refractivity contribution in [2.24, 2.45) is 11.8 Å². The Labute approximate surface area is 136 Å². The molecule has 1 aromatic rings. The van der Waals surface area contributed by atoms with Gasteiger partial charge in [0.05, 0.1) is 19.1 Å². The lowest BCUT2D eigenvalue weighted by Crippen LogP contribution is -2.49. The summed E-state index contributed by atoms with van der Waals surface area (Å²) in [5.74, 6) is -0.369. The van der Waals surface area contributed by atoms with Gasteiger partial charge in [0, 0.05) is 13.1 Å². The van der Waals surface area contributed by atoms with Crippen molar-refractivity contribution >= 4 is 12.0 Å². The third-order valence-corrected chi connectivity index (χ3v) is 4.25. The maximum atomic E-state index is 12.4. The van der Waals surface area contributed by atoms with Crippen LogP contribution >= 0.6 is 0 Å². The number of carboxylic acids is 1. The molecule has 2 amide bonds. The number of hydrogen-bond donors (Lipinski definition) is 2. The van der Waals surface area contributed by atoms with E-state index in [4.69, 9.17) is 4.74 Å². The Balaban J connectivity index is 1.98. The fourth-order valence-electron chi connectivity index (χ4n) is 2.95. The summed E-state index contributed by atoms with van der Waals surface area (Å²) in [5, 5.41) is 12.1. The number of methoxy groups -OCH3 is 1. The molecule has 1 fully saturated rings. The molecule has 0 saturated carbocycles. The molecule has 0 radical (unpaired) electrons. The smallest absolute Gasteiger partial charge is 0.317 e. The lowest BCUT2D eigenvalue weighted by molar-refractivity contribution is -0.143. The average molecular weight is 320 g/mol. The minimum absolute atomic E-state index is 0.158. The Bertz CT molecular complexity index is 558. The van der Waals surface area contributed by atoms with E-state index >= 15 is 0 Å². The van der Waals surface area contributed by atoms with E-state index in [9.17, 15) is 14.7 Å². The Morgan fingerprint density at radius 1 is 1.30 bits per heavy atom. The van der Waals surface area contributed by atoms with E-state index in [2.05, 4.69) is 5.32 Å². The molecule has 1 saturated heterocycles. The van der Waals surface area contributed by atoms with Gasteiger partial charge >= 0.3 is 12.0 Å². The molecule has 126 valence electrons. The minimum atomic E-state index is -0.836. The van der Waals surface area contributed by atoms with Crippen molar-refractivity contribution in [2.45, 2.75) is 26.3 Å². The summed E-state index contributed by atoms with van der Waals surface area (Å²) in [7, 11) is 1.61. The van der Waals surface area contributed by atoms with Gasteiger partial charge in [0.25, 0.3) is 0 Å². The fourth-order valence-corrected chi connectivity index (χ4v) is 2.95. The standard InChI is InChI=1S/C17H24N2O4/c1-11-8-14(16(20)21)10-19(9-11)17(22)18-12(2)13-4-6-15(23-3)7-5-13/h4-7,11-12,14H,8-10H2,1-3H3,(H,18,22)(H,20,21). The van der Waals surface area contributed by atoms with Crippen molar-refractivity contribution in [3.63, 3.8) is 0 Å². The van der Waals surface area contributed by atoms with E-state index in [0.717, 1.165) is 11.3 Å². The molecule has 1 aliphatic heterocycles. The van der Waals surface area contributed by atoms with Gasteiger partial charge in [-0.3, -0.25) is 4.79 Å². The molecule has 1 aliphatic rings. The first-order valence-corrected chi connectivity index (χ1v) is 7.83. The molecule has 6 heteroatoms. The van der Waals surface area contributed by atoms with Gasteiger partial charge in [0.15, 0.2) is 0 Å². The SMILES string of the molecule is COc1ccc(C(C)NC(=O)N2CC(C)CC(C(=O)O)C2)cc1. The summed E-state index contributed by atoms with van der Waals surface area (Å²) < 4.78 is 5.12. The summed E-state index contributed by atoms with van der Waals surface area (Å²) in [6.07, 6.45) is 0.618. The van der Waals surface area contributed by atoms with E-state index in [1.54, 1.807) is 12.0 Å². The van der Waals surface area contributed by atoms with Crippen LogP contribution in [0.1, 0.15) is 31.9 Å². The van der Waals surface area contributed by atoms with E-state index < -0.39 is 11.9 Å². The predicted molar refractivity (Wildman–Crippen MR) is 86.4 cm³/mol. The number of nitrogens with zero attached hydrogens (tertiary/aromatic N) is 1. The molecule has 3 unspecified atom stereocenters. The molecule has 1 heterocycles. The zero-order valence-electron chi connectivity index (χ0n) is 13.8. The highest BCUT2D eigenvalue weighted by atomic mass is 16.5. The van der Waals surface area contributed by atoms with Gasteiger partial charge in [-0.05, 0) is 37.0 Å². The number of benzene rings is 1. The van der Waals surface area contributed by atoms with Gasteiger partial charge in [0.2, 0.25) is 0 Å². The van der Waals surface area contributed by atoms with Gasteiger partial charge in [-0.2, -0.15) is 0 Å². The van der Waals surface area contributed by atoms with Crippen LogP contribution in [0.4, 0.5) is 4.79 Å². The highest BCUT2D eigenvalue weighted by molar-refractivity contribution is 5.77. The molecule has 0 bridgehead atoms. The molecule has 6 nitrogen and oxygen atoms in total. The first-order chi connectivity index (χ1) is 10.9. The average Bonchev–Trinajstić information content (AvgIpc) is 2.54. The summed E-state index contributed by atoms with van der Waals surface area (Å²) in [5.41, 5.74) is 0.971. The largest absolute Gasteiger partial charge is 0.497 e. The molecule has 3 atom stereocenters. The van der Waals surface area contributed by atoms with Crippen molar-refractivity contribution in [1.29, 1.82) is 0 Å². The fraction of sp³-hybridized carbons (Fsp3) is 0.529. The van der Waals surface area contributed by atoms with Crippen LogP contribution in [-0.4, -0.2) is 42.2 Å². The first-order valence-electron chi connectivity index (χ1n) is 7.83. The summed E-state index contributed by atoms with van der Waals surface area (Å²) in [6.45, 7) is 4.73. The first kappa shape index (κ1) is 17.1. The third-order valence-electron chi connectivity index (χ3n) is 4.25. The van der Waals surface area contributed by atoms with Gasteiger partial charge in [0.1, 0.15) is 5.75 Å². The molecule has 0 aromatic heterocycles. The minimum Gasteiger partial charge on any atom is -0.497 e. The van der Waals surface area contributed by atoms with E-state index in [0.29, 0.717) is 13.0 Å². The maximum absolute atomic E-state index is 12.4. The lowest BCUT2D eigenvalue weighted by atomic mass is 9.91. The number of aliphatic carboxylic acids is 1. The number of ether oxygens (including phenoxy) is 1. The van der Waals surface area contributed by atoms with Crippen LogP contribution in [0.3, 0.4) is 0 Å². The maximum Gasteiger partial charge on any atom is 0.317 e. The van der Waals surface area contributed by atoms with Crippen molar-refractivity contribution < 1.29 is 19.4 Å². The molecular formula is C17H24N2O4. The van der Waals surface area contributed by atoms with E-state index in [1.165, 1.54) is 0 Å². The second-order valence-electron chi connectivity index (χ2n) is 6.23. The number of carbonyl (C=O) groups is 2. The number of hydrogen-bond acceptors (Lipinski definition) is 3. The normalized spacial score (nSPS) is 22.3. The van der Waals surface area contributed by atoms with Gasteiger partial charge < -0.3 is 20.1 Å². The molecule has 2 rings (SSSR count). The second kappa shape index (κ2) is 7.35. The number of nitrogens with one attached hydrogen (secondary N) is 1. The van der Waals surface area contributed by atoms with Crippen molar-refractivity contribution in [1.82, 2.24) is 10.2 Å². The monoisotopic (exact) mass is 320 g/mol. The van der Waals surface area contributed by atoms with Gasteiger partial charge in [-0.1, -0.05) is 19.1 Å². The van der Waals surface area contributed by atoms with Crippen LogP contribution in [0, 0.1) is 11.8 Å². The topological polar surface area (TPSA) is 78.9 Å². The molecule has 2 N–H and O–H groups in total. The van der Waals surface area contributed by atoms with Crippen LogP contribution in [0.25, 0.3) is 0 Å². The highest BCUT2D eigenvalue weighted by Crippen LogP contribution is 2.23. The zero-order valence-corrected chi connectivity index (χ0v) is 13.8. The Hall–Kier alpha value is -2.24. The molecule has 0 aliphatic carbocycles. The quantitative estimate of drug-likeness (QED) is 0.893. The van der Waals surface area contributed by atoms with Crippen molar-refractivity contribution in [3.8, 4) is 5.75 Å². The highest BCUT2D eigenvalue weighted by Gasteiger charge is 2.32. The van der Waals surface area contributed by atoms with Crippen LogP contribution < -0.4 is 10.1 Å². The summed E-state index contributed by atoms with van der Waals surface area (Å²) in [6, 6.07) is 7.13. The van der Waals surface area contributed by atoms with E-state index in [1.807, 2.05) is 38.1 Å². The van der Waals surface area contributed by atoms with Crippen LogP contribution in [0.15, 0.2) is 24.3 Å². The Morgan fingerprint density at radius 2 is 1.96 bits per heavy atom. The predicted octanol–water partition coefficient (Wildman–Crippen LogP) is 2.51. The number of carboxylic acid groups (broad SMARTS) is 1. The number of amides is 2. The van der Waals surface area contributed by atoms with Crippen LogP contribution in [-0.2, 0) is 4.79 Å². The number of piperidine rings is 1. The number of rotatable bonds is 4. The number of likely N-dealkylation sites (tertiary alicyclic amines) is 1. The second-order valence-corrected chi connectivity index (χ2v) is 6.23. The van der Waals surface area contributed by atoms with Crippen molar-refractivity contribution in [2.75, 3.05) is 20.2 Å². The van der Waals surface area contributed by atoms with Crippen LogP contribution in [0.5, 0.6) is 5.75 Å². The lowest BCUT2D eigenvalue weighted by Gasteiger charge is -2.35. The summed E-state index contributed by atoms with van der Waals surface area (Å²) in [4.78, 5) is 25.2. The molecule has 23 heavy (non-hydrogen) atoms. The molecular weight excluding hydrogens is 296 g/mol. The Kier molecular flexibility index (Phi) is 5.47. The van der Waals surface area contributed by atoms with Gasteiger partial charge in [-0.25, -0.2) is 4.79 Å². The third kappa shape index (κ3) is 4.37. The number of urea groups is 1. The van der Waals surface area contributed by atoms with E-state index in [-0.39, 0.29) is 24.5 Å². The summed E-state index contributed by atoms with van der Waals surface area (Å²) >= 11 is 0.